The van der Waals surface area contributed by atoms with Crippen LogP contribution in [0, 0.1) is 0 Å². The summed E-state index contributed by atoms with van der Waals surface area (Å²) >= 11 is 0. The van der Waals surface area contributed by atoms with Crippen molar-refractivity contribution in [3.8, 4) is 0 Å². The Hall–Kier alpha value is -1.17. The number of halogens is 1. The lowest BCUT2D eigenvalue weighted by atomic mass is 10.0. The smallest absolute Gasteiger partial charge is 0.351 e. The van der Waals surface area contributed by atoms with Gasteiger partial charge in [-0.3, -0.25) is 4.79 Å². The molecule has 2 rings (SSSR count). The van der Waals surface area contributed by atoms with Crippen LogP contribution in [0.1, 0.15) is 20.3 Å². The van der Waals surface area contributed by atoms with Crippen LogP contribution in [0.25, 0.3) is 0 Å². The first-order valence-electron chi connectivity index (χ1n) is 4.69. The van der Waals surface area contributed by atoms with Crippen LogP contribution >= 0.6 is 0 Å². The van der Waals surface area contributed by atoms with Gasteiger partial charge >= 0.3 is 5.97 Å². The molecular weight excluding hydrogens is 205 g/mol. The Morgan fingerprint density at radius 2 is 2.27 bits per heavy atom. The monoisotopic (exact) mass is 217 g/mol. The van der Waals surface area contributed by atoms with Crippen molar-refractivity contribution in [1.82, 2.24) is 4.90 Å². The van der Waals surface area contributed by atoms with Crippen molar-refractivity contribution >= 4 is 11.9 Å². The van der Waals surface area contributed by atoms with E-state index in [1.807, 2.05) is 0 Å². The first-order valence-corrected chi connectivity index (χ1v) is 4.69. The van der Waals surface area contributed by atoms with E-state index in [1.54, 1.807) is 13.8 Å². The minimum absolute atomic E-state index is 0.192. The molecule has 2 saturated heterocycles. The first-order chi connectivity index (χ1) is 6.79. The Balaban J connectivity index is 2.36. The predicted octanol–water partition coefficient (Wildman–Crippen LogP) is 0.147. The number of carboxylic acids is 1. The van der Waals surface area contributed by atoms with Gasteiger partial charge in [0.1, 0.15) is 5.72 Å². The maximum atomic E-state index is 13.8. The molecule has 84 valence electrons. The highest BCUT2D eigenvalue weighted by molar-refractivity contribution is 6.07. The van der Waals surface area contributed by atoms with E-state index >= 15 is 0 Å². The molecule has 1 amide bonds. The summed E-state index contributed by atoms with van der Waals surface area (Å²) in [6, 6.07) is -0.464. The van der Waals surface area contributed by atoms with Crippen molar-refractivity contribution in [3.63, 3.8) is 0 Å². The standard InChI is InChI=1S/C9H12FNO4/c1-8(2)11-5(4-15-8)3-9(10,6(11)12)7(13)14/h5H,3-4H2,1-2H3,(H,13,14)/t5-,9?/m0/s1. The second kappa shape index (κ2) is 2.69. The zero-order chi connectivity index (χ0) is 11.4. The van der Waals surface area contributed by atoms with E-state index in [0.29, 0.717) is 0 Å². The van der Waals surface area contributed by atoms with Crippen molar-refractivity contribution < 1.29 is 23.8 Å². The van der Waals surface area contributed by atoms with Gasteiger partial charge in [-0.05, 0) is 13.8 Å². The number of rotatable bonds is 1. The van der Waals surface area contributed by atoms with Crippen LogP contribution < -0.4 is 0 Å². The lowest BCUT2D eigenvalue weighted by Crippen LogP contribution is -2.49. The molecule has 2 aliphatic heterocycles. The average Bonchev–Trinajstić information content (AvgIpc) is 2.53. The van der Waals surface area contributed by atoms with E-state index in [9.17, 15) is 14.0 Å². The lowest BCUT2D eigenvalue weighted by Gasteiger charge is -2.29. The van der Waals surface area contributed by atoms with Crippen molar-refractivity contribution in [2.45, 2.75) is 37.7 Å². The largest absolute Gasteiger partial charge is 0.478 e. The molecule has 2 heterocycles. The van der Waals surface area contributed by atoms with Crippen LogP contribution in [0.4, 0.5) is 4.39 Å². The molecule has 0 aromatic heterocycles. The molecule has 15 heavy (non-hydrogen) atoms. The van der Waals surface area contributed by atoms with Gasteiger partial charge in [-0.15, -0.1) is 0 Å². The maximum Gasteiger partial charge on any atom is 0.351 e. The number of carbonyl (C=O) groups is 2. The molecule has 2 aliphatic rings. The maximum absolute atomic E-state index is 13.8. The zero-order valence-corrected chi connectivity index (χ0v) is 8.49. The van der Waals surface area contributed by atoms with Crippen molar-refractivity contribution in [2.75, 3.05) is 6.61 Å². The summed E-state index contributed by atoms with van der Waals surface area (Å²) in [5.41, 5.74) is -3.68. The number of nitrogens with zero attached hydrogens (tertiary/aromatic N) is 1. The molecule has 2 atom stereocenters. The summed E-state index contributed by atoms with van der Waals surface area (Å²) in [6.45, 7) is 3.44. The topological polar surface area (TPSA) is 66.8 Å². The number of hydrogen-bond acceptors (Lipinski definition) is 3. The van der Waals surface area contributed by atoms with Crippen molar-refractivity contribution in [2.24, 2.45) is 0 Å². The molecule has 0 aliphatic carbocycles. The lowest BCUT2D eigenvalue weighted by molar-refractivity contribution is -0.164. The highest BCUT2D eigenvalue weighted by atomic mass is 19.1. The van der Waals surface area contributed by atoms with Crippen LogP contribution in [-0.2, 0) is 14.3 Å². The van der Waals surface area contributed by atoms with E-state index < -0.39 is 29.3 Å². The second-order valence-corrected chi connectivity index (χ2v) is 4.40. The number of aliphatic carboxylic acids is 1. The molecule has 0 aromatic rings. The summed E-state index contributed by atoms with van der Waals surface area (Å²) in [4.78, 5) is 23.6. The predicted molar refractivity (Wildman–Crippen MR) is 46.8 cm³/mol. The number of carbonyl (C=O) groups excluding carboxylic acids is 1. The van der Waals surface area contributed by atoms with Crippen molar-refractivity contribution in [3.05, 3.63) is 0 Å². The highest BCUT2D eigenvalue weighted by Crippen LogP contribution is 2.41. The summed E-state index contributed by atoms with van der Waals surface area (Å²) in [6.07, 6.45) is -0.329. The van der Waals surface area contributed by atoms with E-state index in [-0.39, 0.29) is 13.0 Å². The average molecular weight is 217 g/mol. The van der Waals surface area contributed by atoms with Gasteiger partial charge in [-0.1, -0.05) is 0 Å². The fourth-order valence-electron chi connectivity index (χ4n) is 2.23. The Kier molecular flexibility index (Phi) is 1.86. The third-order valence-electron chi connectivity index (χ3n) is 2.99. The van der Waals surface area contributed by atoms with Gasteiger partial charge in [0, 0.05) is 6.42 Å². The molecule has 2 fully saturated rings. The van der Waals surface area contributed by atoms with E-state index in [1.165, 1.54) is 4.90 Å². The fraction of sp³-hybridized carbons (Fsp3) is 0.778. The Morgan fingerprint density at radius 1 is 1.67 bits per heavy atom. The molecule has 6 heteroatoms. The number of hydrogen-bond donors (Lipinski definition) is 1. The van der Waals surface area contributed by atoms with Gasteiger partial charge in [-0.2, -0.15) is 0 Å². The van der Waals surface area contributed by atoms with Crippen molar-refractivity contribution in [1.29, 1.82) is 0 Å². The summed E-state index contributed by atoms with van der Waals surface area (Å²) in [5, 5.41) is 8.70. The molecule has 0 bridgehead atoms. The third-order valence-corrected chi connectivity index (χ3v) is 2.99. The summed E-state index contributed by atoms with van der Waals surface area (Å²) < 4.78 is 19.1. The summed E-state index contributed by atoms with van der Waals surface area (Å²) in [5.74, 6) is -2.71. The minimum Gasteiger partial charge on any atom is -0.478 e. The first kappa shape index (κ1) is 10.4. The van der Waals surface area contributed by atoms with Gasteiger partial charge in [0.15, 0.2) is 0 Å². The van der Waals surface area contributed by atoms with E-state index in [0.717, 1.165) is 0 Å². The SMILES string of the molecule is CC1(C)OC[C@@H]2CC(F)(C(=O)O)C(=O)N21. The highest BCUT2D eigenvalue weighted by Gasteiger charge is 2.63. The molecule has 1 N–H and O–H groups in total. The molecule has 0 aromatic carbocycles. The van der Waals surface area contributed by atoms with Gasteiger partial charge in [0.25, 0.3) is 11.6 Å². The normalized spacial score (nSPS) is 38.2. The van der Waals surface area contributed by atoms with E-state index in [2.05, 4.69) is 0 Å². The molecule has 1 unspecified atom stereocenters. The number of alkyl halides is 1. The fourth-order valence-corrected chi connectivity index (χ4v) is 2.23. The number of carboxylic acid groups (broad SMARTS) is 1. The third kappa shape index (κ3) is 1.17. The quantitative estimate of drug-likeness (QED) is 0.635. The molecule has 5 nitrogen and oxygen atoms in total. The van der Waals surface area contributed by atoms with E-state index in [4.69, 9.17) is 9.84 Å². The Labute approximate surface area is 85.8 Å². The molecule has 0 spiro atoms. The number of fused-ring (bicyclic) bond motifs is 1. The zero-order valence-electron chi connectivity index (χ0n) is 8.49. The van der Waals surface area contributed by atoms with Gasteiger partial charge in [0.05, 0.1) is 12.6 Å². The molecule has 0 saturated carbocycles. The van der Waals surface area contributed by atoms with Gasteiger partial charge in [0.2, 0.25) is 0 Å². The molecule has 0 radical (unpaired) electrons. The molecular formula is C9H12FNO4. The Morgan fingerprint density at radius 3 is 2.73 bits per heavy atom. The number of amides is 1. The minimum atomic E-state index is -2.77. The van der Waals surface area contributed by atoms with Crippen LogP contribution in [0.15, 0.2) is 0 Å². The van der Waals surface area contributed by atoms with Crippen LogP contribution in [0.3, 0.4) is 0 Å². The van der Waals surface area contributed by atoms with Crippen LogP contribution in [0.2, 0.25) is 0 Å². The summed E-state index contributed by atoms with van der Waals surface area (Å²) in [7, 11) is 0. The second-order valence-electron chi connectivity index (χ2n) is 4.40. The Bertz CT molecular complexity index is 343. The van der Waals surface area contributed by atoms with Crippen LogP contribution in [0.5, 0.6) is 0 Å². The van der Waals surface area contributed by atoms with Gasteiger partial charge < -0.3 is 14.7 Å². The number of ether oxygens (including phenoxy) is 1. The van der Waals surface area contributed by atoms with Gasteiger partial charge in [-0.25, -0.2) is 9.18 Å². The van der Waals surface area contributed by atoms with Crippen LogP contribution in [-0.4, -0.2) is 45.9 Å².